The molecule has 2 aliphatic rings. The minimum absolute atomic E-state index is 0.124. The smallest absolute Gasteiger partial charge is 0.252 e. The van der Waals surface area contributed by atoms with E-state index < -0.39 is 10.0 Å². The van der Waals surface area contributed by atoms with Crippen LogP contribution in [-0.2, 0) is 14.8 Å². The van der Waals surface area contributed by atoms with Gasteiger partial charge in [-0.1, -0.05) is 13.0 Å². The van der Waals surface area contributed by atoms with Crippen LogP contribution in [0.2, 0.25) is 0 Å². The average Bonchev–Trinajstić information content (AvgIpc) is 3.12. The van der Waals surface area contributed by atoms with Crippen LogP contribution in [0.3, 0.4) is 0 Å². The van der Waals surface area contributed by atoms with Gasteiger partial charge in [0.15, 0.2) is 0 Å². The molecular formula is C19H22N2O4S2. The van der Waals surface area contributed by atoms with Gasteiger partial charge in [0, 0.05) is 38.2 Å². The van der Waals surface area contributed by atoms with Crippen LogP contribution in [0, 0.1) is 5.92 Å². The molecule has 0 radical (unpaired) electrons. The molecule has 1 aliphatic heterocycles. The quantitative estimate of drug-likeness (QED) is 0.716. The van der Waals surface area contributed by atoms with Gasteiger partial charge in [0.05, 0.1) is 0 Å². The van der Waals surface area contributed by atoms with Gasteiger partial charge in [0.25, 0.3) is 10.0 Å². The molecule has 0 N–H and O–H groups in total. The number of amides is 1. The second kappa shape index (κ2) is 7.26. The first-order valence-corrected chi connectivity index (χ1v) is 11.4. The van der Waals surface area contributed by atoms with Crippen molar-refractivity contribution in [1.82, 2.24) is 9.21 Å². The molecule has 1 saturated heterocycles. The molecule has 2 aromatic heterocycles. The summed E-state index contributed by atoms with van der Waals surface area (Å²) in [5.41, 5.74) is 0. The van der Waals surface area contributed by atoms with Crippen molar-refractivity contribution in [2.45, 2.75) is 23.5 Å². The molecule has 1 saturated carbocycles. The second-order valence-electron chi connectivity index (χ2n) is 7.05. The fourth-order valence-corrected chi connectivity index (χ4v) is 5.89. The summed E-state index contributed by atoms with van der Waals surface area (Å²) >= 11 is 1.21. The molecule has 0 unspecified atom stereocenters. The Morgan fingerprint density at radius 1 is 1.22 bits per heavy atom. The van der Waals surface area contributed by atoms with E-state index in [0.29, 0.717) is 48.0 Å². The van der Waals surface area contributed by atoms with Gasteiger partial charge in [-0.3, -0.25) is 4.79 Å². The maximum Gasteiger partial charge on any atom is 0.252 e. The standard InChI is InChI=1S/C19H22N2O4S2/c1-14-13-16(14)17-6-4-15(25-17)5-7-18(22)20-8-10-21(11-9-20)27(23,24)19-3-2-12-26-19/h2-7,12,14,16H,8-11,13H2,1H3/b7-5+/t14-,16+/m0/s1. The molecule has 144 valence electrons. The third kappa shape index (κ3) is 3.88. The van der Waals surface area contributed by atoms with Gasteiger partial charge in [0.1, 0.15) is 15.7 Å². The summed E-state index contributed by atoms with van der Waals surface area (Å²) in [5.74, 6) is 2.73. The fraction of sp³-hybridized carbons (Fsp3) is 0.421. The Balaban J connectivity index is 1.33. The maximum absolute atomic E-state index is 12.5. The van der Waals surface area contributed by atoms with Crippen LogP contribution in [0.1, 0.15) is 30.8 Å². The van der Waals surface area contributed by atoms with E-state index in [0.717, 1.165) is 12.2 Å². The second-order valence-corrected chi connectivity index (χ2v) is 10.2. The summed E-state index contributed by atoms with van der Waals surface area (Å²) in [6.07, 6.45) is 4.35. The van der Waals surface area contributed by atoms with Crippen LogP contribution < -0.4 is 0 Å². The van der Waals surface area contributed by atoms with Crippen LogP contribution in [0.25, 0.3) is 6.08 Å². The Labute approximate surface area is 163 Å². The van der Waals surface area contributed by atoms with Crippen LogP contribution >= 0.6 is 11.3 Å². The van der Waals surface area contributed by atoms with Crippen molar-refractivity contribution in [1.29, 1.82) is 0 Å². The highest BCUT2D eigenvalue weighted by Crippen LogP contribution is 2.47. The zero-order chi connectivity index (χ0) is 19.0. The summed E-state index contributed by atoms with van der Waals surface area (Å²) in [6.45, 7) is 3.59. The summed E-state index contributed by atoms with van der Waals surface area (Å²) in [6, 6.07) is 7.20. The lowest BCUT2D eigenvalue weighted by Gasteiger charge is -2.33. The monoisotopic (exact) mass is 406 g/mol. The molecule has 2 aromatic rings. The highest BCUT2D eigenvalue weighted by Gasteiger charge is 2.36. The number of thiophene rings is 1. The van der Waals surface area contributed by atoms with Gasteiger partial charge < -0.3 is 9.32 Å². The normalized spacial score (nSPS) is 23.8. The minimum Gasteiger partial charge on any atom is -0.461 e. The zero-order valence-corrected chi connectivity index (χ0v) is 16.7. The lowest BCUT2D eigenvalue weighted by atomic mass is 10.3. The average molecular weight is 407 g/mol. The Hall–Kier alpha value is -1.90. The molecule has 3 heterocycles. The fourth-order valence-electron chi connectivity index (χ4n) is 3.32. The third-order valence-corrected chi connectivity index (χ3v) is 8.42. The predicted molar refractivity (Wildman–Crippen MR) is 104 cm³/mol. The predicted octanol–water partition coefficient (Wildman–Crippen LogP) is 3.01. The minimum atomic E-state index is -3.45. The van der Waals surface area contributed by atoms with Crippen molar-refractivity contribution in [3.05, 3.63) is 47.2 Å². The van der Waals surface area contributed by atoms with Crippen molar-refractivity contribution in [3.8, 4) is 0 Å². The Morgan fingerprint density at radius 2 is 1.96 bits per heavy atom. The SMILES string of the molecule is C[C@H]1C[C@H]1c1ccc(/C=C/C(=O)N2CCN(S(=O)(=O)c3cccs3)CC2)o1. The Kier molecular flexibility index (Phi) is 4.96. The van der Waals surface area contributed by atoms with Crippen LogP contribution in [0.15, 0.2) is 44.3 Å². The Morgan fingerprint density at radius 3 is 2.59 bits per heavy atom. The molecule has 2 fully saturated rings. The van der Waals surface area contributed by atoms with E-state index in [4.69, 9.17) is 4.42 Å². The van der Waals surface area contributed by atoms with Gasteiger partial charge in [-0.25, -0.2) is 8.42 Å². The van der Waals surface area contributed by atoms with Crippen molar-refractivity contribution >= 4 is 33.3 Å². The molecule has 1 amide bonds. The van der Waals surface area contributed by atoms with Crippen LogP contribution in [-0.4, -0.2) is 49.7 Å². The van der Waals surface area contributed by atoms with Gasteiger partial charge in [0.2, 0.25) is 5.91 Å². The molecule has 2 atom stereocenters. The first-order chi connectivity index (χ1) is 12.9. The molecule has 1 aliphatic carbocycles. The lowest BCUT2D eigenvalue weighted by molar-refractivity contribution is -0.127. The molecule has 8 heteroatoms. The molecule has 0 spiro atoms. The molecule has 4 rings (SSSR count). The number of hydrogen-bond donors (Lipinski definition) is 0. The number of rotatable bonds is 5. The van der Waals surface area contributed by atoms with Crippen molar-refractivity contribution in [3.63, 3.8) is 0 Å². The summed E-state index contributed by atoms with van der Waals surface area (Å²) in [7, 11) is -3.45. The van der Waals surface area contributed by atoms with Crippen LogP contribution in [0.4, 0.5) is 0 Å². The molecule has 0 aromatic carbocycles. The van der Waals surface area contributed by atoms with E-state index in [1.165, 1.54) is 21.7 Å². The number of sulfonamides is 1. The molecule has 0 bridgehead atoms. The van der Waals surface area contributed by atoms with E-state index in [-0.39, 0.29) is 5.91 Å². The third-order valence-electron chi connectivity index (χ3n) is 5.15. The van der Waals surface area contributed by atoms with E-state index in [1.807, 2.05) is 12.1 Å². The summed E-state index contributed by atoms with van der Waals surface area (Å²) < 4.78 is 32.6. The topological polar surface area (TPSA) is 70.8 Å². The zero-order valence-electron chi connectivity index (χ0n) is 15.1. The number of nitrogens with zero attached hydrogens (tertiary/aromatic N) is 2. The lowest BCUT2D eigenvalue weighted by Crippen LogP contribution is -2.50. The molecule has 6 nitrogen and oxygen atoms in total. The van der Waals surface area contributed by atoms with Gasteiger partial charge in [-0.2, -0.15) is 4.31 Å². The molecular weight excluding hydrogens is 384 g/mol. The van der Waals surface area contributed by atoms with Crippen molar-refractivity contribution in [2.75, 3.05) is 26.2 Å². The maximum atomic E-state index is 12.5. The van der Waals surface area contributed by atoms with Crippen molar-refractivity contribution < 1.29 is 17.6 Å². The first-order valence-electron chi connectivity index (χ1n) is 9.05. The number of piperazine rings is 1. The van der Waals surface area contributed by atoms with E-state index >= 15 is 0 Å². The van der Waals surface area contributed by atoms with Gasteiger partial charge >= 0.3 is 0 Å². The van der Waals surface area contributed by atoms with Crippen molar-refractivity contribution in [2.24, 2.45) is 5.92 Å². The van der Waals surface area contributed by atoms with Crippen LogP contribution in [0.5, 0.6) is 0 Å². The molecule has 27 heavy (non-hydrogen) atoms. The number of hydrogen-bond acceptors (Lipinski definition) is 5. The van der Waals surface area contributed by atoms with E-state index in [1.54, 1.807) is 28.5 Å². The first kappa shape index (κ1) is 18.5. The summed E-state index contributed by atoms with van der Waals surface area (Å²) in [5, 5.41) is 1.75. The largest absolute Gasteiger partial charge is 0.461 e. The number of furan rings is 1. The highest BCUT2D eigenvalue weighted by atomic mass is 32.2. The van der Waals surface area contributed by atoms with Gasteiger partial charge in [-0.05, 0) is 42.0 Å². The number of carbonyl (C=O) groups is 1. The van der Waals surface area contributed by atoms with E-state index in [2.05, 4.69) is 6.92 Å². The highest BCUT2D eigenvalue weighted by molar-refractivity contribution is 7.91. The Bertz CT molecular complexity index is 938. The van der Waals surface area contributed by atoms with E-state index in [9.17, 15) is 13.2 Å². The summed E-state index contributed by atoms with van der Waals surface area (Å²) in [4.78, 5) is 14.1. The van der Waals surface area contributed by atoms with Gasteiger partial charge in [-0.15, -0.1) is 11.3 Å². The number of carbonyl (C=O) groups excluding carboxylic acids is 1.